The van der Waals surface area contributed by atoms with Gasteiger partial charge in [0.15, 0.2) is 5.78 Å². The van der Waals surface area contributed by atoms with Crippen molar-refractivity contribution in [3.05, 3.63) is 95.6 Å². The molecule has 0 aliphatic carbocycles. The Kier molecular flexibility index (Phi) is 6.47. The van der Waals surface area contributed by atoms with Crippen LogP contribution in [0, 0.1) is 0 Å². The number of hydrogen-bond donors (Lipinski definition) is 0. The zero-order valence-electron chi connectivity index (χ0n) is 15.9. The van der Waals surface area contributed by atoms with E-state index in [0.29, 0.717) is 29.4 Å². The Morgan fingerprint density at radius 2 is 1.61 bits per heavy atom. The number of carbonyl (C=O) groups is 1. The molecule has 4 nitrogen and oxygen atoms in total. The van der Waals surface area contributed by atoms with E-state index in [1.807, 2.05) is 54.6 Å². The summed E-state index contributed by atoms with van der Waals surface area (Å²) in [5, 5.41) is 0. The molecule has 142 valence electrons. The first-order valence-electron chi connectivity index (χ1n) is 8.91. The van der Waals surface area contributed by atoms with Crippen molar-refractivity contribution in [2.24, 2.45) is 0 Å². The van der Waals surface area contributed by atoms with Crippen molar-refractivity contribution in [3.8, 4) is 17.2 Å². The van der Waals surface area contributed by atoms with Gasteiger partial charge < -0.3 is 14.2 Å². The summed E-state index contributed by atoms with van der Waals surface area (Å²) in [6.45, 7) is 0.462. The Bertz CT molecular complexity index is 961. The SMILES string of the molecule is COc1ccc(OC)c(C(=O)/C=C/c2ccccc2OCc2ccccc2)c1. The molecule has 0 aliphatic heterocycles. The van der Waals surface area contributed by atoms with E-state index in [0.717, 1.165) is 11.1 Å². The number of para-hydroxylation sites is 1. The van der Waals surface area contributed by atoms with Crippen molar-refractivity contribution in [1.82, 2.24) is 0 Å². The summed E-state index contributed by atoms with van der Waals surface area (Å²) in [6, 6.07) is 22.7. The Morgan fingerprint density at radius 3 is 2.36 bits per heavy atom. The molecule has 3 aromatic carbocycles. The highest BCUT2D eigenvalue weighted by atomic mass is 16.5. The van der Waals surface area contributed by atoms with Crippen LogP contribution in [0.25, 0.3) is 6.08 Å². The maximum absolute atomic E-state index is 12.7. The molecule has 4 heteroatoms. The van der Waals surface area contributed by atoms with E-state index < -0.39 is 0 Å². The number of benzene rings is 3. The van der Waals surface area contributed by atoms with Crippen molar-refractivity contribution < 1.29 is 19.0 Å². The van der Waals surface area contributed by atoms with Gasteiger partial charge in [-0.15, -0.1) is 0 Å². The van der Waals surface area contributed by atoms with Crippen LogP contribution >= 0.6 is 0 Å². The normalized spacial score (nSPS) is 10.6. The molecule has 28 heavy (non-hydrogen) atoms. The van der Waals surface area contributed by atoms with Gasteiger partial charge in [0.1, 0.15) is 23.9 Å². The van der Waals surface area contributed by atoms with E-state index in [9.17, 15) is 4.79 Å². The quantitative estimate of drug-likeness (QED) is 0.403. The molecule has 3 aromatic rings. The lowest BCUT2D eigenvalue weighted by atomic mass is 10.1. The van der Waals surface area contributed by atoms with Crippen LogP contribution in [0.2, 0.25) is 0 Å². The number of allylic oxidation sites excluding steroid dienone is 1. The third kappa shape index (κ3) is 4.80. The van der Waals surface area contributed by atoms with Crippen LogP contribution in [0.5, 0.6) is 17.2 Å². The van der Waals surface area contributed by atoms with Crippen LogP contribution in [0.3, 0.4) is 0 Å². The molecule has 0 unspecified atom stereocenters. The molecule has 0 aromatic heterocycles. The van der Waals surface area contributed by atoms with E-state index in [1.54, 1.807) is 31.4 Å². The fraction of sp³-hybridized carbons (Fsp3) is 0.125. The highest BCUT2D eigenvalue weighted by Crippen LogP contribution is 2.26. The highest BCUT2D eigenvalue weighted by Gasteiger charge is 2.11. The molecule has 0 aliphatic rings. The molecule has 0 fully saturated rings. The van der Waals surface area contributed by atoms with Crippen LogP contribution in [0.15, 0.2) is 78.9 Å². The highest BCUT2D eigenvalue weighted by molar-refractivity contribution is 6.09. The first-order chi connectivity index (χ1) is 13.7. The van der Waals surface area contributed by atoms with Gasteiger partial charge >= 0.3 is 0 Å². The predicted octanol–water partition coefficient (Wildman–Crippen LogP) is 5.18. The molecule has 0 bridgehead atoms. The maximum atomic E-state index is 12.7. The van der Waals surface area contributed by atoms with E-state index in [4.69, 9.17) is 14.2 Å². The molecule has 0 atom stereocenters. The van der Waals surface area contributed by atoms with Gasteiger partial charge in [0.2, 0.25) is 0 Å². The molecule has 0 amide bonds. The fourth-order valence-electron chi connectivity index (χ4n) is 2.75. The van der Waals surface area contributed by atoms with Crippen LogP contribution < -0.4 is 14.2 Å². The standard InChI is InChI=1S/C24H22O4/c1-26-20-13-15-24(27-2)21(16-20)22(25)14-12-19-10-6-7-11-23(19)28-17-18-8-4-3-5-9-18/h3-16H,17H2,1-2H3/b14-12+. The molecular weight excluding hydrogens is 352 g/mol. The van der Waals surface area contributed by atoms with Gasteiger partial charge in [0, 0.05) is 5.56 Å². The summed E-state index contributed by atoms with van der Waals surface area (Å²) in [5.41, 5.74) is 2.35. The topological polar surface area (TPSA) is 44.8 Å². The van der Waals surface area contributed by atoms with Crippen molar-refractivity contribution in [2.75, 3.05) is 14.2 Å². The summed E-state index contributed by atoms with van der Waals surface area (Å²) in [4.78, 5) is 12.7. The molecule has 0 saturated heterocycles. The zero-order chi connectivity index (χ0) is 19.8. The molecule has 0 saturated carbocycles. The second kappa shape index (κ2) is 9.42. The first kappa shape index (κ1) is 19.2. The number of hydrogen-bond acceptors (Lipinski definition) is 4. The third-order valence-corrected chi connectivity index (χ3v) is 4.24. The maximum Gasteiger partial charge on any atom is 0.189 e. The lowest BCUT2D eigenvalue weighted by Crippen LogP contribution is -2.00. The Balaban J connectivity index is 1.78. The van der Waals surface area contributed by atoms with Crippen LogP contribution in [-0.4, -0.2) is 20.0 Å². The number of ketones is 1. The average Bonchev–Trinajstić information content (AvgIpc) is 2.76. The van der Waals surface area contributed by atoms with Gasteiger partial charge in [-0.1, -0.05) is 48.5 Å². The van der Waals surface area contributed by atoms with Crippen LogP contribution in [0.4, 0.5) is 0 Å². The van der Waals surface area contributed by atoms with E-state index in [2.05, 4.69) is 0 Å². The zero-order valence-corrected chi connectivity index (χ0v) is 15.9. The van der Waals surface area contributed by atoms with E-state index in [1.165, 1.54) is 13.2 Å². The molecule has 0 spiro atoms. The largest absolute Gasteiger partial charge is 0.497 e. The minimum absolute atomic E-state index is 0.173. The van der Waals surface area contributed by atoms with Crippen molar-refractivity contribution in [2.45, 2.75) is 6.61 Å². The second-order valence-corrected chi connectivity index (χ2v) is 6.08. The second-order valence-electron chi connectivity index (χ2n) is 6.08. The molecule has 0 radical (unpaired) electrons. The van der Waals surface area contributed by atoms with E-state index >= 15 is 0 Å². The summed E-state index contributed by atoms with van der Waals surface area (Å²) < 4.78 is 16.4. The Labute approximate surface area is 165 Å². The summed E-state index contributed by atoms with van der Waals surface area (Å²) in [7, 11) is 3.10. The Morgan fingerprint density at radius 1 is 0.857 bits per heavy atom. The average molecular weight is 374 g/mol. The van der Waals surface area contributed by atoms with Crippen molar-refractivity contribution in [1.29, 1.82) is 0 Å². The van der Waals surface area contributed by atoms with Gasteiger partial charge in [-0.3, -0.25) is 4.79 Å². The summed E-state index contributed by atoms with van der Waals surface area (Å²) in [6.07, 6.45) is 3.27. The van der Waals surface area contributed by atoms with Gasteiger partial charge in [-0.2, -0.15) is 0 Å². The van der Waals surface area contributed by atoms with Crippen LogP contribution in [0.1, 0.15) is 21.5 Å². The summed E-state index contributed by atoms with van der Waals surface area (Å²) in [5.74, 6) is 1.65. The predicted molar refractivity (Wildman–Crippen MR) is 110 cm³/mol. The van der Waals surface area contributed by atoms with Gasteiger partial charge in [-0.05, 0) is 42.0 Å². The van der Waals surface area contributed by atoms with Gasteiger partial charge in [0.25, 0.3) is 0 Å². The van der Waals surface area contributed by atoms with Crippen molar-refractivity contribution >= 4 is 11.9 Å². The fourth-order valence-corrected chi connectivity index (χ4v) is 2.75. The molecule has 0 N–H and O–H groups in total. The number of rotatable bonds is 8. The molecule has 3 rings (SSSR count). The molecular formula is C24H22O4. The number of ether oxygens (including phenoxy) is 3. The summed E-state index contributed by atoms with van der Waals surface area (Å²) >= 11 is 0. The molecule has 0 heterocycles. The lowest BCUT2D eigenvalue weighted by molar-refractivity contribution is 0.104. The van der Waals surface area contributed by atoms with Crippen molar-refractivity contribution in [3.63, 3.8) is 0 Å². The minimum Gasteiger partial charge on any atom is -0.497 e. The smallest absolute Gasteiger partial charge is 0.189 e. The number of carbonyl (C=O) groups excluding carboxylic acids is 1. The van der Waals surface area contributed by atoms with Crippen LogP contribution in [-0.2, 0) is 6.61 Å². The van der Waals surface area contributed by atoms with E-state index in [-0.39, 0.29) is 5.78 Å². The van der Waals surface area contributed by atoms with Gasteiger partial charge in [0.05, 0.1) is 19.8 Å². The third-order valence-electron chi connectivity index (χ3n) is 4.24. The number of methoxy groups -OCH3 is 2. The first-order valence-corrected chi connectivity index (χ1v) is 8.91. The minimum atomic E-state index is -0.173. The van der Waals surface area contributed by atoms with Gasteiger partial charge in [-0.25, -0.2) is 0 Å². The lowest BCUT2D eigenvalue weighted by Gasteiger charge is -2.10. The monoisotopic (exact) mass is 374 g/mol. The Hall–Kier alpha value is -3.53.